The number of alkyl halides is 3. The fourth-order valence-corrected chi connectivity index (χ4v) is 1.75. The Morgan fingerprint density at radius 2 is 1.90 bits per heavy atom. The Bertz CT molecular complexity index is 656. The monoisotopic (exact) mass is 300 g/mol. The van der Waals surface area contributed by atoms with Gasteiger partial charge in [-0.2, -0.15) is 13.2 Å². The topological polar surface area (TPSA) is 45.1 Å². The van der Waals surface area contributed by atoms with Gasteiger partial charge in [0.1, 0.15) is 17.3 Å². The maximum atomic E-state index is 13.5. The van der Waals surface area contributed by atoms with E-state index in [0.29, 0.717) is 17.8 Å². The first-order chi connectivity index (χ1) is 9.77. The second-order valence-corrected chi connectivity index (χ2v) is 4.46. The number of pyridine rings is 1. The average Bonchev–Trinajstić information content (AvgIpc) is 2.40. The van der Waals surface area contributed by atoms with Crippen molar-refractivity contribution in [2.24, 2.45) is 0 Å². The van der Waals surface area contributed by atoms with Crippen molar-refractivity contribution in [1.82, 2.24) is 4.98 Å². The molecule has 0 aliphatic carbocycles. The highest BCUT2D eigenvalue weighted by molar-refractivity contribution is 5.48. The van der Waals surface area contributed by atoms with Crippen molar-refractivity contribution in [3.63, 3.8) is 0 Å². The van der Waals surface area contributed by atoms with Crippen LogP contribution < -0.4 is 5.32 Å². The highest BCUT2D eigenvalue weighted by Crippen LogP contribution is 2.32. The summed E-state index contributed by atoms with van der Waals surface area (Å²) in [6, 6.07) is 5.10. The maximum absolute atomic E-state index is 13.5. The molecule has 0 saturated carbocycles. The predicted molar refractivity (Wildman–Crippen MR) is 69.4 cm³/mol. The fourth-order valence-electron chi connectivity index (χ4n) is 1.75. The number of aromatic nitrogens is 1. The molecule has 0 spiro atoms. The number of aromatic hydroxyl groups is 1. The third kappa shape index (κ3) is 3.62. The first kappa shape index (κ1) is 15.1. The van der Waals surface area contributed by atoms with Crippen LogP contribution in [-0.4, -0.2) is 10.1 Å². The predicted octanol–water partition coefficient (Wildman–Crippen LogP) is 3.87. The largest absolute Gasteiger partial charge is 0.506 e. The second kappa shape index (κ2) is 5.59. The van der Waals surface area contributed by atoms with Gasteiger partial charge in [-0.05, 0) is 37.3 Å². The lowest BCUT2D eigenvalue weighted by atomic mass is 10.2. The Labute approximate surface area is 118 Å². The van der Waals surface area contributed by atoms with Gasteiger partial charge in [0.05, 0.1) is 17.8 Å². The van der Waals surface area contributed by atoms with E-state index < -0.39 is 17.6 Å². The minimum Gasteiger partial charge on any atom is -0.506 e. The standard InChI is InChI=1S/C14H12F4N2O/c1-8-2-5-13(21)12(20-8)7-19-11-6-9(14(16,17)18)3-4-10(11)15/h2-6,19,21H,7H2,1H3. The third-order valence-electron chi connectivity index (χ3n) is 2.83. The smallest absolute Gasteiger partial charge is 0.416 e. The summed E-state index contributed by atoms with van der Waals surface area (Å²) in [5.41, 5.74) is -0.388. The minimum absolute atomic E-state index is 0.0915. The van der Waals surface area contributed by atoms with Gasteiger partial charge in [-0.15, -0.1) is 0 Å². The molecule has 1 heterocycles. The number of halogens is 4. The van der Waals surface area contributed by atoms with E-state index in [2.05, 4.69) is 10.3 Å². The first-order valence-corrected chi connectivity index (χ1v) is 6.03. The molecule has 1 aromatic heterocycles. The Morgan fingerprint density at radius 1 is 1.19 bits per heavy atom. The van der Waals surface area contributed by atoms with Crippen molar-refractivity contribution in [2.45, 2.75) is 19.6 Å². The number of aryl methyl sites for hydroxylation is 1. The first-order valence-electron chi connectivity index (χ1n) is 6.03. The van der Waals surface area contributed by atoms with Crippen LogP contribution in [0.25, 0.3) is 0 Å². The third-order valence-corrected chi connectivity index (χ3v) is 2.83. The van der Waals surface area contributed by atoms with E-state index in [0.717, 1.165) is 6.07 Å². The number of nitrogens with one attached hydrogen (secondary N) is 1. The Morgan fingerprint density at radius 3 is 2.57 bits per heavy atom. The van der Waals surface area contributed by atoms with Gasteiger partial charge < -0.3 is 10.4 Å². The van der Waals surface area contributed by atoms with Crippen molar-refractivity contribution in [3.05, 3.63) is 53.1 Å². The lowest BCUT2D eigenvalue weighted by Crippen LogP contribution is -2.08. The Balaban J connectivity index is 2.22. The van der Waals surface area contributed by atoms with E-state index in [1.165, 1.54) is 6.07 Å². The minimum atomic E-state index is -4.55. The van der Waals surface area contributed by atoms with Crippen molar-refractivity contribution >= 4 is 5.69 Å². The summed E-state index contributed by atoms with van der Waals surface area (Å²) in [4.78, 5) is 4.03. The number of benzene rings is 1. The van der Waals surface area contributed by atoms with E-state index in [9.17, 15) is 22.7 Å². The van der Waals surface area contributed by atoms with E-state index in [1.807, 2.05) is 0 Å². The van der Waals surface area contributed by atoms with Crippen LogP contribution in [0.1, 0.15) is 17.0 Å². The van der Waals surface area contributed by atoms with Crippen molar-refractivity contribution in [3.8, 4) is 5.75 Å². The molecule has 2 rings (SSSR count). The van der Waals surface area contributed by atoms with Gasteiger partial charge >= 0.3 is 6.18 Å². The molecule has 0 fully saturated rings. The Kier molecular flexibility index (Phi) is 4.02. The lowest BCUT2D eigenvalue weighted by Gasteiger charge is -2.12. The molecule has 1 aromatic carbocycles. The molecule has 3 nitrogen and oxygen atoms in total. The zero-order valence-corrected chi connectivity index (χ0v) is 11.0. The van der Waals surface area contributed by atoms with Crippen LogP contribution in [0, 0.1) is 12.7 Å². The molecule has 0 unspecified atom stereocenters. The maximum Gasteiger partial charge on any atom is 0.416 e. The van der Waals surface area contributed by atoms with Crippen LogP contribution in [-0.2, 0) is 12.7 Å². The number of anilines is 1. The number of hydrogen-bond donors (Lipinski definition) is 2. The van der Waals surface area contributed by atoms with Gasteiger partial charge in [-0.25, -0.2) is 4.39 Å². The van der Waals surface area contributed by atoms with Crippen molar-refractivity contribution in [1.29, 1.82) is 0 Å². The average molecular weight is 300 g/mol. The van der Waals surface area contributed by atoms with Crippen LogP contribution in [0.5, 0.6) is 5.75 Å². The van der Waals surface area contributed by atoms with Gasteiger partial charge in [0, 0.05) is 5.69 Å². The van der Waals surface area contributed by atoms with Gasteiger partial charge in [-0.1, -0.05) is 0 Å². The molecule has 7 heteroatoms. The van der Waals surface area contributed by atoms with Crippen LogP contribution in [0.4, 0.5) is 23.2 Å². The number of hydrogen-bond acceptors (Lipinski definition) is 3. The highest BCUT2D eigenvalue weighted by atomic mass is 19.4. The molecular formula is C14H12F4N2O. The summed E-state index contributed by atoms with van der Waals surface area (Å²) in [7, 11) is 0. The SMILES string of the molecule is Cc1ccc(O)c(CNc2cc(C(F)(F)F)ccc2F)n1. The normalized spacial score (nSPS) is 11.5. The summed E-state index contributed by atoms with van der Waals surface area (Å²) < 4.78 is 51.3. The van der Waals surface area contributed by atoms with Crippen LogP contribution in [0.2, 0.25) is 0 Å². The molecule has 2 aromatic rings. The summed E-state index contributed by atoms with van der Waals surface area (Å²) in [5, 5.41) is 12.1. The van der Waals surface area contributed by atoms with Crippen LogP contribution in [0.3, 0.4) is 0 Å². The number of nitrogens with zero attached hydrogens (tertiary/aromatic N) is 1. The molecule has 0 saturated heterocycles. The molecule has 0 amide bonds. The van der Waals surface area contributed by atoms with Crippen LogP contribution in [0.15, 0.2) is 30.3 Å². The second-order valence-electron chi connectivity index (χ2n) is 4.46. The van der Waals surface area contributed by atoms with E-state index >= 15 is 0 Å². The van der Waals surface area contributed by atoms with E-state index in [-0.39, 0.29) is 23.7 Å². The Hall–Kier alpha value is -2.31. The van der Waals surface area contributed by atoms with Gasteiger partial charge in [0.15, 0.2) is 0 Å². The molecule has 0 radical (unpaired) electrons. The summed E-state index contributed by atoms with van der Waals surface area (Å²) in [6.45, 7) is 1.61. The quantitative estimate of drug-likeness (QED) is 0.846. The summed E-state index contributed by atoms with van der Waals surface area (Å²) in [6.07, 6.45) is -4.55. The zero-order chi connectivity index (χ0) is 15.6. The zero-order valence-electron chi connectivity index (χ0n) is 11.0. The van der Waals surface area contributed by atoms with Gasteiger partial charge in [-0.3, -0.25) is 4.98 Å². The van der Waals surface area contributed by atoms with Crippen molar-refractivity contribution < 1.29 is 22.7 Å². The molecule has 112 valence electrons. The summed E-state index contributed by atoms with van der Waals surface area (Å²) in [5.74, 6) is -0.921. The van der Waals surface area contributed by atoms with E-state index in [4.69, 9.17) is 0 Å². The molecular weight excluding hydrogens is 288 g/mol. The van der Waals surface area contributed by atoms with Gasteiger partial charge in [0.25, 0.3) is 0 Å². The van der Waals surface area contributed by atoms with E-state index in [1.54, 1.807) is 13.0 Å². The molecule has 21 heavy (non-hydrogen) atoms. The van der Waals surface area contributed by atoms with Crippen molar-refractivity contribution in [2.75, 3.05) is 5.32 Å². The highest BCUT2D eigenvalue weighted by Gasteiger charge is 2.31. The molecule has 2 N–H and O–H groups in total. The molecule has 0 aliphatic rings. The lowest BCUT2D eigenvalue weighted by molar-refractivity contribution is -0.137. The molecule has 0 aliphatic heterocycles. The van der Waals surface area contributed by atoms with Gasteiger partial charge in [0.2, 0.25) is 0 Å². The summed E-state index contributed by atoms with van der Waals surface area (Å²) >= 11 is 0. The molecule has 0 atom stereocenters. The van der Waals surface area contributed by atoms with Crippen LogP contribution >= 0.6 is 0 Å². The molecule has 0 bridgehead atoms. The fraction of sp³-hybridized carbons (Fsp3) is 0.214. The number of rotatable bonds is 3.